The van der Waals surface area contributed by atoms with Gasteiger partial charge in [0.25, 0.3) is 0 Å². The second kappa shape index (κ2) is 11.2. The van der Waals surface area contributed by atoms with Gasteiger partial charge in [-0.1, -0.05) is 12.1 Å². The Morgan fingerprint density at radius 1 is 1.11 bits per heavy atom. The van der Waals surface area contributed by atoms with Gasteiger partial charge in [0.2, 0.25) is 5.91 Å². The van der Waals surface area contributed by atoms with Crippen LogP contribution in [0.2, 0.25) is 0 Å². The van der Waals surface area contributed by atoms with Crippen molar-refractivity contribution in [1.82, 2.24) is 15.1 Å². The van der Waals surface area contributed by atoms with E-state index in [1.807, 2.05) is 4.90 Å². The lowest BCUT2D eigenvalue weighted by Gasteiger charge is -2.29. The van der Waals surface area contributed by atoms with Gasteiger partial charge in [-0.2, -0.15) is 13.2 Å². The van der Waals surface area contributed by atoms with Crippen molar-refractivity contribution in [3.05, 3.63) is 35.4 Å². The zero-order chi connectivity index (χ0) is 18.6. The summed E-state index contributed by atoms with van der Waals surface area (Å²) >= 11 is 0. The Hall–Kier alpha value is -1.06. The van der Waals surface area contributed by atoms with Crippen molar-refractivity contribution in [1.29, 1.82) is 0 Å². The Morgan fingerprint density at radius 3 is 2.43 bits per heavy atom. The van der Waals surface area contributed by atoms with Crippen LogP contribution >= 0.6 is 24.8 Å². The molecule has 0 aliphatic carbocycles. The quantitative estimate of drug-likeness (QED) is 0.779. The number of amides is 1. The molecular weight excluding hydrogens is 418 g/mol. The molecule has 0 aromatic heterocycles. The van der Waals surface area contributed by atoms with Crippen molar-refractivity contribution in [2.24, 2.45) is 0 Å². The van der Waals surface area contributed by atoms with Gasteiger partial charge in [0.1, 0.15) is 6.04 Å². The second-order valence-electron chi connectivity index (χ2n) is 6.73. The minimum atomic E-state index is -4.31. The molecule has 1 N–H and O–H groups in total. The summed E-state index contributed by atoms with van der Waals surface area (Å²) in [5.41, 5.74) is 0.219. The minimum Gasteiger partial charge on any atom is -0.378 e. The molecule has 1 unspecified atom stereocenters. The number of morpholine rings is 1. The zero-order valence-corrected chi connectivity index (χ0v) is 17.0. The Morgan fingerprint density at radius 2 is 1.82 bits per heavy atom. The lowest BCUT2D eigenvalue weighted by molar-refractivity contribution is -0.137. The van der Waals surface area contributed by atoms with E-state index in [4.69, 9.17) is 4.74 Å². The third-order valence-corrected chi connectivity index (χ3v) is 4.81. The van der Waals surface area contributed by atoms with Crippen molar-refractivity contribution in [3.8, 4) is 0 Å². The summed E-state index contributed by atoms with van der Waals surface area (Å²) in [4.78, 5) is 16.6. The first kappa shape index (κ1) is 25.0. The number of carbonyl (C=O) groups excluding carboxylic acids is 1. The molecule has 28 heavy (non-hydrogen) atoms. The molecule has 1 atom stereocenters. The molecule has 0 spiro atoms. The van der Waals surface area contributed by atoms with E-state index >= 15 is 0 Å². The maximum Gasteiger partial charge on any atom is 0.416 e. The van der Waals surface area contributed by atoms with E-state index < -0.39 is 11.7 Å². The molecule has 160 valence electrons. The summed E-state index contributed by atoms with van der Waals surface area (Å²) in [5.74, 6) is 0.0704. The van der Waals surface area contributed by atoms with E-state index in [0.717, 1.165) is 30.7 Å². The van der Waals surface area contributed by atoms with Gasteiger partial charge in [-0.25, -0.2) is 0 Å². The normalized spacial score (nSPS) is 21.2. The molecule has 1 aromatic rings. The minimum absolute atomic E-state index is 0. The molecule has 3 rings (SSSR count). The predicted molar refractivity (Wildman–Crippen MR) is 105 cm³/mol. The Bertz CT molecular complexity index is 611. The smallest absolute Gasteiger partial charge is 0.378 e. The first-order chi connectivity index (χ1) is 12.4. The zero-order valence-electron chi connectivity index (χ0n) is 15.4. The van der Waals surface area contributed by atoms with Crippen LogP contribution < -0.4 is 5.32 Å². The SMILES string of the molecule is Cl.Cl.O=C(C1COCCN1)N1CCCN(Cc2ccc(C(F)(F)F)cc2)CC1. The van der Waals surface area contributed by atoms with Crippen molar-refractivity contribution >= 4 is 30.7 Å². The van der Waals surface area contributed by atoms with E-state index in [-0.39, 0.29) is 36.8 Å². The van der Waals surface area contributed by atoms with E-state index in [9.17, 15) is 18.0 Å². The number of carbonyl (C=O) groups is 1. The van der Waals surface area contributed by atoms with Gasteiger partial charge < -0.3 is 15.0 Å². The lowest BCUT2D eigenvalue weighted by atomic mass is 10.1. The van der Waals surface area contributed by atoms with E-state index in [2.05, 4.69) is 10.2 Å². The Labute approximate surface area is 175 Å². The fraction of sp³-hybridized carbons (Fsp3) is 0.611. The van der Waals surface area contributed by atoms with Crippen LogP contribution in [0.25, 0.3) is 0 Å². The number of alkyl halides is 3. The van der Waals surface area contributed by atoms with Gasteiger partial charge in [-0.15, -0.1) is 24.8 Å². The topological polar surface area (TPSA) is 44.8 Å². The highest BCUT2D eigenvalue weighted by Gasteiger charge is 2.30. The summed E-state index contributed by atoms with van der Waals surface area (Å²) in [6.07, 6.45) is -3.46. The molecule has 1 amide bonds. The summed E-state index contributed by atoms with van der Waals surface area (Å²) in [5, 5.41) is 3.18. The lowest BCUT2D eigenvalue weighted by Crippen LogP contribution is -2.53. The number of rotatable bonds is 3. The van der Waals surface area contributed by atoms with Crippen LogP contribution in [0.5, 0.6) is 0 Å². The van der Waals surface area contributed by atoms with Crippen molar-refractivity contribution < 1.29 is 22.7 Å². The highest BCUT2D eigenvalue weighted by molar-refractivity contribution is 5.85. The number of hydrogen-bond acceptors (Lipinski definition) is 4. The second-order valence-corrected chi connectivity index (χ2v) is 6.73. The number of halogens is 5. The summed E-state index contributed by atoms with van der Waals surface area (Å²) in [7, 11) is 0. The first-order valence-corrected chi connectivity index (χ1v) is 8.92. The molecule has 0 radical (unpaired) electrons. The summed E-state index contributed by atoms with van der Waals surface area (Å²) < 4.78 is 43.3. The number of benzene rings is 1. The van der Waals surface area contributed by atoms with Gasteiger partial charge in [0.15, 0.2) is 0 Å². The Kier molecular flexibility index (Phi) is 10.00. The number of hydrogen-bond donors (Lipinski definition) is 1. The fourth-order valence-corrected chi connectivity index (χ4v) is 3.35. The van der Waals surface area contributed by atoms with Gasteiger partial charge in [0.05, 0.1) is 18.8 Å². The third kappa shape index (κ3) is 6.77. The maximum absolute atomic E-state index is 12.6. The van der Waals surface area contributed by atoms with Crippen LogP contribution in [0.3, 0.4) is 0 Å². The molecule has 5 nitrogen and oxygen atoms in total. The molecule has 0 bridgehead atoms. The van der Waals surface area contributed by atoms with Crippen LogP contribution in [0.4, 0.5) is 13.2 Å². The predicted octanol–water partition coefficient (Wildman–Crippen LogP) is 2.57. The largest absolute Gasteiger partial charge is 0.416 e. The molecule has 2 fully saturated rings. The van der Waals surface area contributed by atoms with E-state index in [1.54, 1.807) is 0 Å². The van der Waals surface area contributed by atoms with Crippen molar-refractivity contribution in [2.75, 3.05) is 45.9 Å². The average Bonchev–Trinajstić information content (AvgIpc) is 2.87. The molecule has 2 aliphatic heterocycles. The van der Waals surface area contributed by atoms with Crippen LogP contribution in [-0.2, 0) is 22.3 Å². The highest BCUT2D eigenvalue weighted by atomic mass is 35.5. The average molecular weight is 444 g/mol. The van der Waals surface area contributed by atoms with Gasteiger partial charge in [-0.3, -0.25) is 9.69 Å². The molecule has 10 heteroatoms. The molecule has 2 aliphatic rings. The molecule has 2 heterocycles. The summed E-state index contributed by atoms with van der Waals surface area (Å²) in [6.45, 7) is 5.16. The van der Waals surface area contributed by atoms with Crippen LogP contribution in [0.15, 0.2) is 24.3 Å². The number of nitrogens with zero attached hydrogens (tertiary/aromatic N) is 2. The maximum atomic E-state index is 12.6. The van der Waals surface area contributed by atoms with Crippen LogP contribution in [-0.4, -0.2) is 67.7 Å². The molecule has 1 aromatic carbocycles. The van der Waals surface area contributed by atoms with Crippen LogP contribution in [0.1, 0.15) is 17.5 Å². The van der Waals surface area contributed by atoms with Crippen molar-refractivity contribution in [3.63, 3.8) is 0 Å². The van der Waals surface area contributed by atoms with Crippen LogP contribution in [0, 0.1) is 0 Å². The first-order valence-electron chi connectivity index (χ1n) is 8.92. The van der Waals surface area contributed by atoms with Gasteiger partial charge >= 0.3 is 6.18 Å². The van der Waals surface area contributed by atoms with E-state index in [1.165, 1.54) is 12.1 Å². The van der Waals surface area contributed by atoms with Crippen molar-refractivity contribution in [2.45, 2.75) is 25.2 Å². The Balaban J connectivity index is 0.00000196. The number of nitrogens with one attached hydrogen (secondary N) is 1. The van der Waals surface area contributed by atoms with E-state index in [0.29, 0.717) is 45.9 Å². The third-order valence-electron chi connectivity index (χ3n) is 4.81. The molecule has 2 saturated heterocycles. The standard InChI is InChI=1S/C18H24F3N3O2.2ClH/c19-18(20,21)15-4-2-14(3-5-15)12-23-7-1-8-24(10-9-23)17(25)16-13-26-11-6-22-16;;/h2-5,16,22H,1,6-13H2;2*1H. The molecular formula is C18H26Cl2F3N3O2. The monoisotopic (exact) mass is 443 g/mol. The van der Waals surface area contributed by atoms with Gasteiger partial charge in [0, 0.05) is 39.3 Å². The fourth-order valence-electron chi connectivity index (χ4n) is 3.35. The molecule has 0 saturated carbocycles. The highest BCUT2D eigenvalue weighted by Crippen LogP contribution is 2.29. The number of ether oxygens (including phenoxy) is 1. The van der Waals surface area contributed by atoms with Gasteiger partial charge in [-0.05, 0) is 24.1 Å². The summed E-state index contributed by atoms with van der Waals surface area (Å²) in [6, 6.07) is 5.03.